The number of halogens is 1. The summed E-state index contributed by atoms with van der Waals surface area (Å²) in [6.45, 7) is 0.750. The number of rotatable bonds is 4. The quantitative estimate of drug-likeness (QED) is 0.799. The Balaban J connectivity index is 1.75. The van der Waals surface area contributed by atoms with Crippen LogP contribution >= 0.6 is 15.9 Å². The normalized spacial score (nSPS) is 10.4. The second kappa shape index (κ2) is 5.83. The molecule has 0 saturated heterocycles. The summed E-state index contributed by atoms with van der Waals surface area (Å²) >= 11 is 3.55. The van der Waals surface area contributed by atoms with Gasteiger partial charge in [0.15, 0.2) is 0 Å². The topological polar surface area (TPSA) is 55.6 Å². The second-order valence-corrected chi connectivity index (χ2v) is 5.10. The van der Waals surface area contributed by atoms with Gasteiger partial charge < -0.3 is 5.32 Å². The first kappa shape index (κ1) is 12.8. The van der Waals surface area contributed by atoms with E-state index in [4.69, 9.17) is 0 Å². The molecule has 0 atom stereocenters. The highest BCUT2D eigenvalue weighted by molar-refractivity contribution is 9.10. The molecule has 0 unspecified atom stereocenters. The predicted molar refractivity (Wildman–Crippen MR) is 80.6 cm³/mol. The average Bonchev–Trinajstić information content (AvgIpc) is 3.01. The fourth-order valence-corrected chi connectivity index (χ4v) is 2.30. The molecule has 2 aromatic carbocycles. The van der Waals surface area contributed by atoms with Gasteiger partial charge in [0.05, 0.1) is 5.69 Å². The first-order valence-electron chi connectivity index (χ1n) is 6.13. The van der Waals surface area contributed by atoms with Gasteiger partial charge in [0, 0.05) is 16.7 Å². The Morgan fingerprint density at radius 1 is 1.10 bits per heavy atom. The molecule has 0 radical (unpaired) electrons. The zero-order chi connectivity index (χ0) is 13.8. The molecule has 0 aliphatic carbocycles. The second-order valence-electron chi connectivity index (χ2n) is 4.25. The number of benzene rings is 2. The molecule has 0 amide bonds. The first-order chi connectivity index (χ1) is 9.83. The zero-order valence-electron chi connectivity index (χ0n) is 10.6. The van der Waals surface area contributed by atoms with E-state index in [1.165, 1.54) is 5.56 Å². The average molecular weight is 330 g/mol. The molecule has 1 heterocycles. The number of nitrogens with zero attached hydrogens (tertiary/aromatic N) is 4. The maximum atomic E-state index is 3.88. The highest BCUT2D eigenvalue weighted by Gasteiger charge is 2.01. The summed E-state index contributed by atoms with van der Waals surface area (Å²) in [5.41, 5.74) is 3.15. The van der Waals surface area contributed by atoms with Gasteiger partial charge >= 0.3 is 0 Å². The van der Waals surface area contributed by atoms with Crippen LogP contribution in [0.3, 0.4) is 0 Å². The van der Waals surface area contributed by atoms with E-state index in [-0.39, 0.29) is 0 Å². The van der Waals surface area contributed by atoms with Crippen LogP contribution in [0, 0.1) is 0 Å². The van der Waals surface area contributed by atoms with Crippen molar-refractivity contribution in [2.24, 2.45) is 0 Å². The van der Waals surface area contributed by atoms with E-state index in [0.29, 0.717) is 0 Å². The van der Waals surface area contributed by atoms with Crippen molar-refractivity contribution in [1.29, 1.82) is 0 Å². The summed E-state index contributed by atoms with van der Waals surface area (Å²) in [5.74, 6) is 0. The third-order valence-electron chi connectivity index (χ3n) is 2.90. The number of anilines is 1. The van der Waals surface area contributed by atoms with E-state index in [1.54, 1.807) is 11.0 Å². The van der Waals surface area contributed by atoms with Crippen LogP contribution in [-0.2, 0) is 6.54 Å². The summed E-state index contributed by atoms with van der Waals surface area (Å²) in [6.07, 6.45) is 1.58. The lowest BCUT2D eigenvalue weighted by molar-refractivity contribution is 0.789. The van der Waals surface area contributed by atoms with Crippen LogP contribution in [0.25, 0.3) is 5.69 Å². The van der Waals surface area contributed by atoms with Gasteiger partial charge in [-0.3, -0.25) is 0 Å². The van der Waals surface area contributed by atoms with Crippen LogP contribution in [-0.4, -0.2) is 20.2 Å². The molecule has 0 aliphatic rings. The summed E-state index contributed by atoms with van der Waals surface area (Å²) in [4.78, 5) is 0. The van der Waals surface area contributed by atoms with Crippen molar-refractivity contribution < 1.29 is 0 Å². The lowest BCUT2D eigenvalue weighted by Crippen LogP contribution is -2.01. The van der Waals surface area contributed by atoms with Crippen LogP contribution in [0.4, 0.5) is 5.69 Å². The standard InChI is InChI=1S/C14H12BrN5/c15-14-7-2-1-4-11(14)9-16-12-5-3-6-13(8-12)20-10-17-18-19-20/h1-8,10,16H,9H2. The monoisotopic (exact) mass is 329 g/mol. The van der Waals surface area contributed by atoms with Crippen molar-refractivity contribution >= 4 is 21.6 Å². The van der Waals surface area contributed by atoms with E-state index < -0.39 is 0 Å². The van der Waals surface area contributed by atoms with Crippen LogP contribution < -0.4 is 5.32 Å². The zero-order valence-corrected chi connectivity index (χ0v) is 12.2. The number of hydrogen-bond acceptors (Lipinski definition) is 4. The minimum Gasteiger partial charge on any atom is -0.381 e. The Labute approximate surface area is 124 Å². The van der Waals surface area contributed by atoms with E-state index >= 15 is 0 Å². The van der Waals surface area contributed by atoms with Crippen molar-refractivity contribution in [3.63, 3.8) is 0 Å². The molecule has 0 bridgehead atoms. The fraction of sp³-hybridized carbons (Fsp3) is 0.0714. The Morgan fingerprint density at radius 2 is 2.00 bits per heavy atom. The van der Waals surface area contributed by atoms with Gasteiger partial charge in [-0.2, -0.15) is 0 Å². The molecule has 0 spiro atoms. The van der Waals surface area contributed by atoms with Crippen molar-refractivity contribution in [1.82, 2.24) is 20.2 Å². The highest BCUT2D eigenvalue weighted by atomic mass is 79.9. The van der Waals surface area contributed by atoms with E-state index in [0.717, 1.165) is 22.4 Å². The molecule has 6 heteroatoms. The van der Waals surface area contributed by atoms with Gasteiger partial charge in [0.1, 0.15) is 6.33 Å². The number of nitrogens with one attached hydrogen (secondary N) is 1. The lowest BCUT2D eigenvalue weighted by Gasteiger charge is -2.09. The molecule has 0 aliphatic heterocycles. The third kappa shape index (κ3) is 2.85. The molecule has 3 aromatic rings. The van der Waals surface area contributed by atoms with Crippen LogP contribution in [0.1, 0.15) is 5.56 Å². The van der Waals surface area contributed by atoms with Crippen molar-refractivity contribution in [2.75, 3.05) is 5.32 Å². The Bertz CT molecular complexity index is 696. The Morgan fingerprint density at radius 3 is 2.80 bits per heavy atom. The summed E-state index contributed by atoms with van der Waals surface area (Å²) < 4.78 is 2.73. The van der Waals surface area contributed by atoms with Crippen molar-refractivity contribution in [3.8, 4) is 5.69 Å². The van der Waals surface area contributed by atoms with E-state index in [1.807, 2.05) is 42.5 Å². The summed E-state index contributed by atoms with van der Waals surface area (Å²) in [5, 5.41) is 14.6. The molecule has 0 saturated carbocycles. The molecule has 5 nitrogen and oxygen atoms in total. The maximum Gasteiger partial charge on any atom is 0.143 e. The predicted octanol–water partition coefficient (Wildman–Crippen LogP) is 3.04. The van der Waals surface area contributed by atoms with E-state index in [2.05, 4.69) is 42.8 Å². The molecular formula is C14H12BrN5. The first-order valence-corrected chi connectivity index (χ1v) is 6.93. The number of aromatic nitrogens is 4. The maximum absolute atomic E-state index is 3.88. The largest absolute Gasteiger partial charge is 0.381 e. The van der Waals surface area contributed by atoms with Crippen molar-refractivity contribution in [2.45, 2.75) is 6.54 Å². The van der Waals surface area contributed by atoms with Crippen LogP contribution in [0.15, 0.2) is 59.3 Å². The molecule has 0 fully saturated rings. The molecule has 1 aromatic heterocycles. The van der Waals surface area contributed by atoms with Gasteiger partial charge in [-0.05, 0) is 40.3 Å². The number of hydrogen-bond donors (Lipinski definition) is 1. The SMILES string of the molecule is Brc1ccccc1CNc1cccc(-n2cnnn2)c1. The molecular weight excluding hydrogens is 318 g/mol. The summed E-state index contributed by atoms with van der Waals surface area (Å²) in [7, 11) is 0. The van der Waals surface area contributed by atoms with Gasteiger partial charge in [-0.1, -0.05) is 40.2 Å². The lowest BCUT2D eigenvalue weighted by atomic mass is 10.2. The van der Waals surface area contributed by atoms with Gasteiger partial charge in [-0.15, -0.1) is 5.10 Å². The Kier molecular flexibility index (Phi) is 3.73. The van der Waals surface area contributed by atoms with Crippen molar-refractivity contribution in [3.05, 3.63) is 64.9 Å². The smallest absolute Gasteiger partial charge is 0.143 e. The number of tetrazole rings is 1. The molecule has 20 heavy (non-hydrogen) atoms. The van der Waals surface area contributed by atoms with E-state index in [9.17, 15) is 0 Å². The van der Waals surface area contributed by atoms with Gasteiger partial charge in [0.2, 0.25) is 0 Å². The third-order valence-corrected chi connectivity index (χ3v) is 3.67. The molecule has 100 valence electrons. The highest BCUT2D eigenvalue weighted by Crippen LogP contribution is 2.19. The summed E-state index contributed by atoms with van der Waals surface area (Å²) in [6, 6.07) is 16.1. The molecule has 1 N–H and O–H groups in total. The van der Waals surface area contributed by atoms with Crippen LogP contribution in [0.2, 0.25) is 0 Å². The minimum atomic E-state index is 0.750. The van der Waals surface area contributed by atoms with Crippen LogP contribution in [0.5, 0.6) is 0 Å². The Hall–Kier alpha value is -2.21. The molecule has 3 rings (SSSR count). The minimum absolute atomic E-state index is 0.750. The van der Waals surface area contributed by atoms with Gasteiger partial charge in [-0.25, -0.2) is 4.68 Å². The fourth-order valence-electron chi connectivity index (χ4n) is 1.88. The van der Waals surface area contributed by atoms with Gasteiger partial charge in [0.25, 0.3) is 0 Å².